The van der Waals surface area contributed by atoms with Gasteiger partial charge in [-0.1, -0.05) is 6.07 Å². The Balaban J connectivity index is -0.000000563. The smallest absolute Gasteiger partial charge is 0.0312 e. The van der Waals surface area contributed by atoms with Gasteiger partial charge in [-0.15, -0.1) is 37.2 Å². The zero-order chi connectivity index (χ0) is 9.36. The van der Waals surface area contributed by atoms with Crippen LogP contribution >= 0.6 is 37.2 Å². The quantitative estimate of drug-likeness (QED) is 0.789. The summed E-state index contributed by atoms with van der Waals surface area (Å²) in [7, 11) is 0. The summed E-state index contributed by atoms with van der Waals surface area (Å²) in [6.07, 6.45) is 5.92. The van der Waals surface area contributed by atoms with E-state index < -0.39 is 0 Å². The molecule has 96 valence electrons. The van der Waals surface area contributed by atoms with Crippen LogP contribution in [0.3, 0.4) is 0 Å². The highest BCUT2D eigenvalue weighted by atomic mass is 35.5. The zero-order valence-corrected chi connectivity index (χ0v) is 11.5. The highest BCUT2D eigenvalue weighted by molar-refractivity contribution is 5.86. The average Bonchev–Trinajstić information content (AvgIpc) is 2.19. The Morgan fingerprint density at radius 3 is 2.50 bits per heavy atom. The molecule has 0 aromatic carbocycles. The molecule has 3 N–H and O–H groups in total. The number of unbranched alkanes of at least 4 members (excludes halogenated alkanes) is 1. The molecule has 6 heteroatoms. The predicted molar refractivity (Wildman–Crippen MR) is 76.0 cm³/mol. The van der Waals surface area contributed by atoms with Crippen LogP contribution in [0.2, 0.25) is 0 Å². The fourth-order valence-corrected chi connectivity index (χ4v) is 1.13. The topological polar surface area (TPSA) is 50.9 Å². The Morgan fingerprint density at radius 2 is 1.94 bits per heavy atom. The van der Waals surface area contributed by atoms with Crippen molar-refractivity contribution in [2.45, 2.75) is 19.4 Å². The summed E-state index contributed by atoms with van der Waals surface area (Å²) in [5, 5.41) is 3.34. The molecule has 3 nitrogen and oxygen atoms in total. The van der Waals surface area contributed by atoms with Crippen LogP contribution in [-0.2, 0) is 6.54 Å². The van der Waals surface area contributed by atoms with Gasteiger partial charge in [0, 0.05) is 18.9 Å². The molecule has 0 radical (unpaired) electrons. The first-order valence-corrected chi connectivity index (χ1v) is 4.73. The number of aromatic nitrogens is 1. The standard InChI is InChI=1S/C10H17N3.3ClH/c11-5-1-2-6-12-8-10-4-3-7-13-9-10;;;/h3-4,7,9,12H,1-2,5-6,8,11H2;3*1H. The van der Waals surface area contributed by atoms with Crippen LogP contribution in [0.4, 0.5) is 0 Å². The average molecular weight is 289 g/mol. The highest BCUT2D eigenvalue weighted by Gasteiger charge is 1.90. The summed E-state index contributed by atoms with van der Waals surface area (Å²) in [6.45, 7) is 2.72. The molecular weight excluding hydrogens is 268 g/mol. The molecule has 0 aliphatic heterocycles. The Labute approximate surface area is 116 Å². The number of nitrogens with zero attached hydrogens (tertiary/aromatic N) is 1. The molecule has 0 atom stereocenters. The lowest BCUT2D eigenvalue weighted by Gasteiger charge is -2.03. The van der Waals surface area contributed by atoms with Crippen LogP contribution in [0.1, 0.15) is 18.4 Å². The van der Waals surface area contributed by atoms with E-state index in [2.05, 4.69) is 16.4 Å². The van der Waals surface area contributed by atoms with E-state index in [4.69, 9.17) is 5.73 Å². The molecule has 0 amide bonds. The minimum absolute atomic E-state index is 0. The Hall–Kier alpha value is -0.0600. The van der Waals surface area contributed by atoms with E-state index in [1.54, 1.807) is 6.20 Å². The van der Waals surface area contributed by atoms with Crippen molar-refractivity contribution in [1.82, 2.24) is 10.3 Å². The third-order valence-corrected chi connectivity index (χ3v) is 1.86. The van der Waals surface area contributed by atoms with Gasteiger partial charge < -0.3 is 11.1 Å². The van der Waals surface area contributed by atoms with Crippen molar-refractivity contribution in [2.75, 3.05) is 13.1 Å². The van der Waals surface area contributed by atoms with Gasteiger partial charge in [-0.3, -0.25) is 4.98 Å². The Bertz CT molecular complexity index is 222. The first kappa shape index (κ1) is 21.2. The fraction of sp³-hybridized carbons (Fsp3) is 0.500. The molecule has 0 fully saturated rings. The maximum Gasteiger partial charge on any atom is 0.0312 e. The van der Waals surface area contributed by atoms with Crippen LogP contribution < -0.4 is 11.1 Å². The van der Waals surface area contributed by atoms with Gasteiger partial charge in [-0.2, -0.15) is 0 Å². The molecule has 0 saturated carbocycles. The van der Waals surface area contributed by atoms with Crippen LogP contribution in [0.5, 0.6) is 0 Å². The predicted octanol–water partition coefficient (Wildman–Crippen LogP) is 2.18. The molecule has 0 unspecified atom stereocenters. The number of halogens is 3. The first-order valence-electron chi connectivity index (χ1n) is 4.73. The minimum Gasteiger partial charge on any atom is -0.330 e. The number of rotatable bonds is 6. The van der Waals surface area contributed by atoms with Crippen molar-refractivity contribution >= 4 is 37.2 Å². The molecule has 16 heavy (non-hydrogen) atoms. The molecule has 0 aliphatic carbocycles. The second-order valence-corrected chi connectivity index (χ2v) is 3.03. The van der Waals surface area contributed by atoms with Crippen LogP contribution in [0.15, 0.2) is 24.5 Å². The molecular formula is C10H20Cl3N3. The van der Waals surface area contributed by atoms with Crippen LogP contribution in [0.25, 0.3) is 0 Å². The highest BCUT2D eigenvalue weighted by Crippen LogP contribution is 1.94. The van der Waals surface area contributed by atoms with Crippen molar-refractivity contribution < 1.29 is 0 Å². The van der Waals surface area contributed by atoms with E-state index in [1.807, 2.05) is 12.3 Å². The third kappa shape index (κ3) is 10.5. The minimum atomic E-state index is 0. The molecule has 0 bridgehead atoms. The SMILES string of the molecule is Cl.Cl.Cl.NCCCCNCc1cccnc1. The summed E-state index contributed by atoms with van der Waals surface area (Å²) < 4.78 is 0. The monoisotopic (exact) mass is 287 g/mol. The molecule has 1 heterocycles. The number of pyridine rings is 1. The van der Waals surface area contributed by atoms with Gasteiger partial charge in [0.2, 0.25) is 0 Å². The van der Waals surface area contributed by atoms with Gasteiger partial charge in [0.05, 0.1) is 0 Å². The number of hydrogen-bond donors (Lipinski definition) is 2. The van der Waals surface area contributed by atoms with E-state index in [1.165, 1.54) is 5.56 Å². The van der Waals surface area contributed by atoms with Gasteiger partial charge in [0.15, 0.2) is 0 Å². The number of hydrogen-bond acceptors (Lipinski definition) is 3. The second-order valence-electron chi connectivity index (χ2n) is 3.03. The zero-order valence-electron chi connectivity index (χ0n) is 9.09. The largest absolute Gasteiger partial charge is 0.330 e. The molecule has 1 rings (SSSR count). The lowest BCUT2D eigenvalue weighted by molar-refractivity contribution is 0.626. The molecule has 0 aliphatic rings. The van der Waals surface area contributed by atoms with Crippen molar-refractivity contribution in [3.05, 3.63) is 30.1 Å². The van der Waals surface area contributed by atoms with Crippen molar-refractivity contribution in [2.24, 2.45) is 5.73 Å². The molecule has 0 saturated heterocycles. The van der Waals surface area contributed by atoms with Crippen LogP contribution in [0, 0.1) is 0 Å². The Kier molecular flexibility index (Phi) is 19.8. The summed E-state index contributed by atoms with van der Waals surface area (Å²) in [5.74, 6) is 0. The van der Waals surface area contributed by atoms with Gasteiger partial charge >= 0.3 is 0 Å². The van der Waals surface area contributed by atoms with E-state index in [0.717, 1.165) is 32.5 Å². The van der Waals surface area contributed by atoms with Gasteiger partial charge in [0.1, 0.15) is 0 Å². The van der Waals surface area contributed by atoms with Gasteiger partial charge in [-0.05, 0) is 37.6 Å². The molecule has 0 spiro atoms. The number of nitrogens with two attached hydrogens (primary N) is 1. The lowest BCUT2D eigenvalue weighted by Crippen LogP contribution is -2.15. The maximum atomic E-state index is 5.38. The molecule has 1 aromatic heterocycles. The maximum absolute atomic E-state index is 5.38. The Morgan fingerprint density at radius 1 is 1.19 bits per heavy atom. The van der Waals surface area contributed by atoms with Gasteiger partial charge in [0.25, 0.3) is 0 Å². The van der Waals surface area contributed by atoms with Gasteiger partial charge in [-0.25, -0.2) is 0 Å². The van der Waals surface area contributed by atoms with Crippen molar-refractivity contribution in [3.8, 4) is 0 Å². The third-order valence-electron chi connectivity index (χ3n) is 1.86. The summed E-state index contributed by atoms with van der Waals surface area (Å²) in [6, 6.07) is 4.03. The normalized spacial score (nSPS) is 8.31. The summed E-state index contributed by atoms with van der Waals surface area (Å²) in [4.78, 5) is 4.04. The van der Waals surface area contributed by atoms with Crippen molar-refractivity contribution in [3.63, 3.8) is 0 Å². The van der Waals surface area contributed by atoms with E-state index in [0.29, 0.717) is 0 Å². The van der Waals surface area contributed by atoms with E-state index in [-0.39, 0.29) is 37.2 Å². The van der Waals surface area contributed by atoms with E-state index >= 15 is 0 Å². The fourth-order valence-electron chi connectivity index (χ4n) is 1.13. The summed E-state index contributed by atoms with van der Waals surface area (Å²) in [5.41, 5.74) is 6.62. The first-order chi connectivity index (χ1) is 6.43. The van der Waals surface area contributed by atoms with Crippen molar-refractivity contribution in [1.29, 1.82) is 0 Å². The molecule has 1 aromatic rings. The number of nitrogens with one attached hydrogen (secondary N) is 1. The van der Waals surface area contributed by atoms with Crippen LogP contribution in [-0.4, -0.2) is 18.1 Å². The second kappa shape index (κ2) is 14.9. The summed E-state index contributed by atoms with van der Waals surface area (Å²) >= 11 is 0. The van der Waals surface area contributed by atoms with E-state index in [9.17, 15) is 0 Å². The lowest BCUT2D eigenvalue weighted by atomic mass is 10.2.